The molecule has 2 rings (SSSR count). The van der Waals surface area contributed by atoms with Gasteiger partial charge in [0.2, 0.25) is 0 Å². The molecule has 4 nitrogen and oxygen atoms in total. The van der Waals surface area contributed by atoms with Gasteiger partial charge >= 0.3 is 0 Å². The van der Waals surface area contributed by atoms with Crippen LogP contribution in [0.3, 0.4) is 0 Å². The number of nitrogens with zero attached hydrogens (tertiary/aromatic N) is 1. The second kappa shape index (κ2) is 4.62. The number of hydrogen-bond donors (Lipinski definition) is 1. The molecule has 17 heavy (non-hydrogen) atoms. The summed E-state index contributed by atoms with van der Waals surface area (Å²) in [6.45, 7) is 0. The maximum absolute atomic E-state index is 9.02. The fraction of sp³-hybridized carbons (Fsp3) is 0.154. The first-order valence-corrected chi connectivity index (χ1v) is 5.09. The van der Waals surface area contributed by atoms with Crippen LogP contribution < -0.4 is 9.47 Å². The molecule has 0 bridgehead atoms. The number of methoxy groups -OCH3 is 2. The molecule has 0 fully saturated rings. The lowest BCUT2D eigenvalue weighted by Gasteiger charge is -2.09. The van der Waals surface area contributed by atoms with Crippen molar-refractivity contribution in [2.75, 3.05) is 14.2 Å². The van der Waals surface area contributed by atoms with E-state index in [2.05, 4.69) is 11.1 Å². The maximum atomic E-state index is 9.02. The molecule has 0 amide bonds. The molecule has 0 aliphatic carbocycles. The van der Waals surface area contributed by atoms with Crippen LogP contribution in [0.4, 0.5) is 0 Å². The lowest BCUT2D eigenvalue weighted by atomic mass is 10.0. The van der Waals surface area contributed by atoms with E-state index in [9.17, 15) is 0 Å². The van der Waals surface area contributed by atoms with Crippen LogP contribution in [0.15, 0.2) is 30.6 Å². The zero-order valence-electron chi connectivity index (χ0n) is 9.65. The van der Waals surface area contributed by atoms with E-state index in [1.165, 1.54) is 0 Å². The minimum atomic E-state index is 0.580. The first-order valence-electron chi connectivity index (χ1n) is 5.09. The van der Waals surface area contributed by atoms with E-state index in [0.717, 1.165) is 16.9 Å². The SMILES string of the molecule is COc1ccc(OC)c(-c2c[nH]cc2C#N)c1. The highest BCUT2D eigenvalue weighted by Crippen LogP contribution is 2.34. The van der Waals surface area contributed by atoms with Gasteiger partial charge in [-0.05, 0) is 18.2 Å². The number of ether oxygens (including phenoxy) is 2. The molecule has 0 aliphatic heterocycles. The lowest BCUT2D eigenvalue weighted by Crippen LogP contribution is -1.90. The summed E-state index contributed by atoms with van der Waals surface area (Å²) in [5, 5.41) is 9.02. The summed E-state index contributed by atoms with van der Waals surface area (Å²) in [5.41, 5.74) is 2.23. The van der Waals surface area contributed by atoms with E-state index in [1.54, 1.807) is 26.6 Å². The molecule has 0 unspecified atom stereocenters. The third-order valence-corrected chi connectivity index (χ3v) is 2.56. The zero-order valence-corrected chi connectivity index (χ0v) is 9.65. The lowest BCUT2D eigenvalue weighted by molar-refractivity contribution is 0.404. The average molecular weight is 228 g/mol. The molecule has 1 N–H and O–H groups in total. The Labute approximate surface area is 99.4 Å². The van der Waals surface area contributed by atoms with E-state index in [1.807, 2.05) is 18.2 Å². The monoisotopic (exact) mass is 228 g/mol. The highest BCUT2D eigenvalue weighted by molar-refractivity contribution is 5.76. The molecule has 1 aromatic heterocycles. The first-order chi connectivity index (χ1) is 8.30. The number of nitrogens with one attached hydrogen (secondary N) is 1. The summed E-state index contributed by atoms with van der Waals surface area (Å²) in [5.74, 6) is 1.44. The van der Waals surface area contributed by atoms with Gasteiger partial charge in [0.25, 0.3) is 0 Å². The minimum Gasteiger partial charge on any atom is -0.497 e. The highest BCUT2D eigenvalue weighted by Gasteiger charge is 2.12. The van der Waals surface area contributed by atoms with E-state index in [4.69, 9.17) is 14.7 Å². The maximum Gasteiger partial charge on any atom is 0.127 e. The van der Waals surface area contributed by atoms with Gasteiger partial charge in [-0.15, -0.1) is 0 Å². The predicted octanol–water partition coefficient (Wildman–Crippen LogP) is 2.57. The quantitative estimate of drug-likeness (QED) is 0.878. The molecule has 0 saturated carbocycles. The molecule has 4 heteroatoms. The molecule has 0 aliphatic rings. The van der Waals surface area contributed by atoms with Gasteiger partial charge in [-0.2, -0.15) is 5.26 Å². The number of aromatic nitrogens is 1. The summed E-state index contributed by atoms with van der Waals surface area (Å²) in [7, 11) is 3.21. The fourth-order valence-corrected chi connectivity index (χ4v) is 1.70. The molecule has 1 heterocycles. The molecule has 0 atom stereocenters. The van der Waals surface area contributed by atoms with Crippen LogP contribution in [0.5, 0.6) is 11.5 Å². The van der Waals surface area contributed by atoms with Crippen molar-refractivity contribution in [2.24, 2.45) is 0 Å². The van der Waals surface area contributed by atoms with Gasteiger partial charge in [-0.3, -0.25) is 0 Å². The van der Waals surface area contributed by atoms with E-state index < -0.39 is 0 Å². The summed E-state index contributed by atoms with van der Waals surface area (Å²) in [6.07, 6.45) is 3.43. The van der Waals surface area contributed by atoms with Gasteiger partial charge in [0, 0.05) is 23.5 Å². The summed E-state index contributed by atoms with van der Waals surface area (Å²) < 4.78 is 10.5. The van der Waals surface area contributed by atoms with Gasteiger partial charge in [0.05, 0.1) is 19.8 Å². The van der Waals surface area contributed by atoms with Gasteiger partial charge in [-0.25, -0.2) is 0 Å². The Morgan fingerprint density at radius 3 is 2.59 bits per heavy atom. The topological polar surface area (TPSA) is 58.0 Å². The van der Waals surface area contributed by atoms with Crippen LogP contribution >= 0.6 is 0 Å². The Morgan fingerprint density at radius 1 is 1.12 bits per heavy atom. The standard InChI is InChI=1S/C13H12N2O2/c1-16-10-3-4-13(17-2)11(5-10)12-8-15-7-9(12)6-14/h3-5,7-8,15H,1-2H3. The van der Waals surface area contributed by atoms with E-state index in [0.29, 0.717) is 11.3 Å². The van der Waals surface area contributed by atoms with E-state index >= 15 is 0 Å². The van der Waals surface area contributed by atoms with Crippen molar-refractivity contribution in [1.29, 1.82) is 5.26 Å². The van der Waals surface area contributed by atoms with Crippen LogP contribution in [0.25, 0.3) is 11.1 Å². The number of nitriles is 1. The Hall–Kier alpha value is -2.41. The van der Waals surface area contributed by atoms with Gasteiger partial charge in [0.15, 0.2) is 0 Å². The number of H-pyrrole nitrogens is 1. The van der Waals surface area contributed by atoms with Crippen molar-refractivity contribution in [3.63, 3.8) is 0 Å². The summed E-state index contributed by atoms with van der Waals surface area (Å²) in [4.78, 5) is 2.92. The number of aromatic amines is 1. The highest BCUT2D eigenvalue weighted by atomic mass is 16.5. The van der Waals surface area contributed by atoms with Gasteiger partial charge in [0.1, 0.15) is 17.6 Å². The Bertz CT molecular complexity index is 567. The van der Waals surface area contributed by atoms with Crippen molar-refractivity contribution in [3.05, 3.63) is 36.2 Å². The minimum absolute atomic E-state index is 0.580. The number of rotatable bonds is 3. The Kier molecular flexibility index (Phi) is 3.01. The van der Waals surface area contributed by atoms with Gasteiger partial charge < -0.3 is 14.5 Å². The number of hydrogen-bond acceptors (Lipinski definition) is 3. The van der Waals surface area contributed by atoms with Crippen molar-refractivity contribution in [1.82, 2.24) is 4.98 Å². The molecule has 0 radical (unpaired) electrons. The van der Waals surface area contributed by atoms with E-state index in [-0.39, 0.29) is 0 Å². The van der Waals surface area contributed by atoms with Crippen molar-refractivity contribution in [2.45, 2.75) is 0 Å². The molecule has 0 saturated heterocycles. The molecule has 2 aromatic rings. The summed E-state index contributed by atoms with van der Waals surface area (Å²) in [6, 6.07) is 7.63. The fourth-order valence-electron chi connectivity index (χ4n) is 1.70. The third-order valence-electron chi connectivity index (χ3n) is 2.56. The van der Waals surface area contributed by atoms with Crippen LogP contribution in [-0.4, -0.2) is 19.2 Å². The molecular formula is C13H12N2O2. The smallest absolute Gasteiger partial charge is 0.127 e. The van der Waals surface area contributed by atoms with Crippen LogP contribution in [0.2, 0.25) is 0 Å². The van der Waals surface area contributed by atoms with Crippen LogP contribution in [0, 0.1) is 11.3 Å². The van der Waals surface area contributed by atoms with Crippen LogP contribution in [0.1, 0.15) is 5.56 Å². The molecular weight excluding hydrogens is 216 g/mol. The second-order valence-corrected chi connectivity index (χ2v) is 3.46. The average Bonchev–Trinajstić information content (AvgIpc) is 2.86. The number of benzene rings is 1. The Balaban J connectivity index is 2.61. The van der Waals surface area contributed by atoms with Crippen molar-refractivity contribution < 1.29 is 9.47 Å². The second-order valence-electron chi connectivity index (χ2n) is 3.46. The van der Waals surface area contributed by atoms with Crippen molar-refractivity contribution >= 4 is 0 Å². The largest absolute Gasteiger partial charge is 0.497 e. The zero-order chi connectivity index (χ0) is 12.3. The van der Waals surface area contributed by atoms with Crippen molar-refractivity contribution in [3.8, 4) is 28.7 Å². The third kappa shape index (κ3) is 1.95. The first kappa shape index (κ1) is 11.1. The molecule has 1 aromatic carbocycles. The predicted molar refractivity (Wildman–Crippen MR) is 64.0 cm³/mol. The normalized spacial score (nSPS) is 9.71. The summed E-state index contributed by atoms with van der Waals surface area (Å²) >= 11 is 0. The van der Waals surface area contributed by atoms with Gasteiger partial charge in [-0.1, -0.05) is 0 Å². The molecule has 0 spiro atoms. The Morgan fingerprint density at radius 2 is 1.94 bits per heavy atom. The molecule has 86 valence electrons. The van der Waals surface area contributed by atoms with Crippen LogP contribution in [-0.2, 0) is 0 Å².